The molecule has 3 nitrogen and oxygen atoms in total. The lowest BCUT2D eigenvalue weighted by Crippen LogP contribution is -2.15. The van der Waals surface area contributed by atoms with Gasteiger partial charge >= 0.3 is 0 Å². The molecule has 0 fully saturated rings. The lowest BCUT2D eigenvalue weighted by Gasteiger charge is -2.06. The number of rotatable bonds is 4. The normalized spacial score (nSPS) is 10.9. The Morgan fingerprint density at radius 3 is 2.91 bits per heavy atom. The minimum atomic E-state index is -0.632. The van der Waals surface area contributed by atoms with Crippen molar-refractivity contribution < 1.29 is 13.6 Å². The van der Waals surface area contributed by atoms with Crippen LogP contribution in [0.4, 0.5) is 10.1 Å². The van der Waals surface area contributed by atoms with Gasteiger partial charge in [-0.05, 0) is 30.2 Å². The molecule has 3 aromatic rings. The van der Waals surface area contributed by atoms with Crippen molar-refractivity contribution in [1.29, 1.82) is 0 Å². The van der Waals surface area contributed by atoms with E-state index >= 15 is 0 Å². The van der Waals surface area contributed by atoms with E-state index in [2.05, 4.69) is 12.2 Å². The molecule has 0 spiro atoms. The van der Waals surface area contributed by atoms with Crippen molar-refractivity contribution in [3.05, 3.63) is 64.6 Å². The van der Waals surface area contributed by atoms with Crippen LogP contribution in [0.5, 0.6) is 0 Å². The van der Waals surface area contributed by atoms with E-state index in [0.29, 0.717) is 0 Å². The van der Waals surface area contributed by atoms with E-state index in [4.69, 9.17) is 16.0 Å². The van der Waals surface area contributed by atoms with Crippen molar-refractivity contribution in [2.75, 3.05) is 5.32 Å². The molecule has 118 valence electrons. The predicted molar refractivity (Wildman–Crippen MR) is 89.3 cm³/mol. The van der Waals surface area contributed by atoms with Crippen LogP contribution in [0.1, 0.15) is 18.1 Å². The van der Waals surface area contributed by atoms with E-state index in [9.17, 15) is 9.18 Å². The summed E-state index contributed by atoms with van der Waals surface area (Å²) in [6.45, 7) is 2.07. The zero-order valence-electron chi connectivity index (χ0n) is 12.5. The van der Waals surface area contributed by atoms with Crippen molar-refractivity contribution in [2.45, 2.75) is 19.8 Å². The number of amides is 1. The summed E-state index contributed by atoms with van der Waals surface area (Å²) < 4.78 is 19.3. The second kappa shape index (κ2) is 6.42. The highest BCUT2D eigenvalue weighted by atomic mass is 35.5. The lowest BCUT2D eigenvalue weighted by atomic mass is 10.1. The molecule has 23 heavy (non-hydrogen) atoms. The van der Waals surface area contributed by atoms with Crippen LogP contribution in [-0.4, -0.2) is 5.91 Å². The summed E-state index contributed by atoms with van der Waals surface area (Å²) in [7, 11) is 0. The van der Waals surface area contributed by atoms with Gasteiger partial charge in [0, 0.05) is 10.9 Å². The number of hydrogen-bond acceptors (Lipinski definition) is 2. The molecule has 0 bridgehead atoms. The zero-order chi connectivity index (χ0) is 16.4. The van der Waals surface area contributed by atoms with E-state index in [-0.39, 0.29) is 23.0 Å². The van der Waals surface area contributed by atoms with Crippen LogP contribution in [0.2, 0.25) is 5.02 Å². The Hall–Kier alpha value is -2.33. The summed E-state index contributed by atoms with van der Waals surface area (Å²) >= 11 is 5.71. The molecule has 0 saturated heterocycles. The molecule has 0 atom stereocenters. The number of carbonyl (C=O) groups excluding carboxylic acids is 1. The minimum absolute atomic E-state index is 0.0244. The second-order valence-electron chi connectivity index (χ2n) is 5.27. The quantitative estimate of drug-likeness (QED) is 0.733. The number of nitrogens with one attached hydrogen (secondary N) is 1. The number of hydrogen-bond donors (Lipinski definition) is 1. The van der Waals surface area contributed by atoms with Gasteiger partial charge in [-0.15, -0.1) is 0 Å². The van der Waals surface area contributed by atoms with Gasteiger partial charge in [-0.3, -0.25) is 4.79 Å². The van der Waals surface area contributed by atoms with Gasteiger partial charge in [-0.1, -0.05) is 36.7 Å². The van der Waals surface area contributed by atoms with E-state index in [1.54, 1.807) is 12.3 Å². The first kappa shape index (κ1) is 15.6. The maximum Gasteiger partial charge on any atom is 0.229 e. The Balaban J connectivity index is 1.79. The topological polar surface area (TPSA) is 42.2 Å². The molecule has 1 aromatic heterocycles. The summed E-state index contributed by atoms with van der Waals surface area (Å²) in [6, 6.07) is 10.4. The smallest absolute Gasteiger partial charge is 0.229 e. The Labute approximate surface area is 138 Å². The van der Waals surface area contributed by atoms with Crippen molar-refractivity contribution in [1.82, 2.24) is 0 Å². The van der Waals surface area contributed by atoms with E-state index in [0.717, 1.165) is 23.0 Å². The van der Waals surface area contributed by atoms with Crippen molar-refractivity contribution >= 4 is 34.2 Å². The van der Waals surface area contributed by atoms with E-state index < -0.39 is 5.82 Å². The number of furan rings is 1. The van der Waals surface area contributed by atoms with Gasteiger partial charge < -0.3 is 9.73 Å². The van der Waals surface area contributed by atoms with Gasteiger partial charge in [0.15, 0.2) is 5.82 Å². The van der Waals surface area contributed by atoms with E-state index in [1.807, 2.05) is 18.2 Å². The Morgan fingerprint density at radius 1 is 1.30 bits per heavy atom. The van der Waals surface area contributed by atoms with Crippen LogP contribution in [0.15, 0.2) is 47.1 Å². The molecule has 0 aliphatic carbocycles. The molecule has 0 radical (unpaired) electrons. The highest BCUT2D eigenvalue weighted by molar-refractivity contribution is 6.31. The molecule has 0 unspecified atom stereocenters. The average molecular weight is 332 g/mol. The number of carbonyl (C=O) groups is 1. The fourth-order valence-corrected chi connectivity index (χ4v) is 2.63. The standard InChI is InChI=1S/C18H15ClFNO2/c1-2-11-6-7-13-12(10-23-16(13)8-11)9-17(22)21-15-5-3-4-14(19)18(15)20/h3-8,10H,2,9H2,1H3,(H,21,22). The third-order valence-corrected chi connectivity index (χ3v) is 4.00. The number of anilines is 1. The third kappa shape index (κ3) is 3.22. The molecule has 1 N–H and O–H groups in total. The van der Waals surface area contributed by atoms with Crippen molar-refractivity contribution in [2.24, 2.45) is 0 Å². The van der Waals surface area contributed by atoms with Gasteiger partial charge in [0.2, 0.25) is 5.91 Å². The number of aryl methyl sites for hydroxylation is 1. The van der Waals surface area contributed by atoms with Crippen LogP contribution in [0.3, 0.4) is 0 Å². The first-order valence-electron chi connectivity index (χ1n) is 7.31. The van der Waals surface area contributed by atoms with Crippen LogP contribution >= 0.6 is 11.6 Å². The van der Waals surface area contributed by atoms with Crippen molar-refractivity contribution in [3.8, 4) is 0 Å². The summed E-state index contributed by atoms with van der Waals surface area (Å²) in [5.74, 6) is -0.958. The summed E-state index contributed by atoms with van der Waals surface area (Å²) in [5.41, 5.74) is 2.76. The molecule has 0 saturated carbocycles. The highest BCUT2D eigenvalue weighted by Gasteiger charge is 2.13. The largest absolute Gasteiger partial charge is 0.464 e. The van der Waals surface area contributed by atoms with Crippen molar-refractivity contribution in [3.63, 3.8) is 0 Å². The Bertz CT molecular complexity index is 873. The monoisotopic (exact) mass is 331 g/mol. The molecular weight excluding hydrogens is 317 g/mol. The van der Waals surface area contributed by atoms with Gasteiger partial charge in [0.1, 0.15) is 5.58 Å². The highest BCUT2D eigenvalue weighted by Crippen LogP contribution is 2.25. The fraction of sp³-hybridized carbons (Fsp3) is 0.167. The minimum Gasteiger partial charge on any atom is -0.464 e. The van der Waals surface area contributed by atoms with Gasteiger partial charge in [0.25, 0.3) is 0 Å². The number of fused-ring (bicyclic) bond motifs is 1. The molecule has 0 aliphatic heterocycles. The van der Waals surface area contributed by atoms with Crippen LogP contribution in [-0.2, 0) is 17.6 Å². The molecule has 1 heterocycles. The first-order valence-corrected chi connectivity index (χ1v) is 7.69. The SMILES string of the molecule is CCc1ccc2c(CC(=O)Nc3cccc(Cl)c3F)coc2c1. The Morgan fingerprint density at radius 2 is 2.13 bits per heavy atom. The molecule has 5 heteroatoms. The Kier molecular flexibility index (Phi) is 4.35. The van der Waals surface area contributed by atoms with Crippen LogP contribution < -0.4 is 5.32 Å². The molecule has 1 amide bonds. The fourth-order valence-electron chi connectivity index (χ4n) is 2.45. The molecule has 3 rings (SSSR count). The first-order chi connectivity index (χ1) is 11.1. The average Bonchev–Trinajstić information content (AvgIpc) is 2.94. The van der Waals surface area contributed by atoms with Gasteiger partial charge in [-0.2, -0.15) is 0 Å². The molecule has 0 aliphatic rings. The third-order valence-electron chi connectivity index (χ3n) is 3.71. The molecule has 2 aromatic carbocycles. The number of benzene rings is 2. The lowest BCUT2D eigenvalue weighted by molar-refractivity contribution is -0.115. The van der Waals surface area contributed by atoms with Crippen LogP contribution in [0, 0.1) is 5.82 Å². The maximum absolute atomic E-state index is 13.8. The predicted octanol–water partition coefficient (Wildman–Crippen LogP) is 4.97. The number of halogens is 2. The summed E-state index contributed by atoms with van der Waals surface area (Å²) in [5, 5.41) is 3.40. The van der Waals surface area contributed by atoms with Gasteiger partial charge in [0.05, 0.1) is 23.4 Å². The summed E-state index contributed by atoms with van der Waals surface area (Å²) in [6.07, 6.45) is 2.59. The van der Waals surface area contributed by atoms with Gasteiger partial charge in [-0.25, -0.2) is 4.39 Å². The van der Waals surface area contributed by atoms with E-state index in [1.165, 1.54) is 17.7 Å². The second-order valence-corrected chi connectivity index (χ2v) is 5.68. The maximum atomic E-state index is 13.8. The van der Waals surface area contributed by atoms with Crippen LogP contribution in [0.25, 0.3) is 11.0 Å². The zero-order valence-corrected chi connectivity index (χ0v) is 13.3. The summed E-state index contributed by atoms with van der Waals surface area (Å²) in [4.78, 5) is 12.1. The molecular formula is C18H15ClFNO2.